The fraction of sp³-hybridized carbons (Fsp3) is 0.250. The van der Waals surface area contributed by atoms with Gasteiger partial charge < -0.3 is 4.74 Å². The van der Waals surface area contributed by atoms with Gasteiger partial charge in [-0.2, -0.15) is 0 Å². The Balaban J connectivity index is 1.76. The van der Waals surface area contributed by atoms with Crippen molar-refractivity contribution in [2.24, 2.45) is 0 Å². The van der Waals surface area contributed by atoms with E-state index in [1.165, 1.54) is 10.5 Å². The van der Waals surface area contributed by atoms with Gasteiger partial charge in [0.1, 0.15) is 6.11 Å². The van der Waals surface area contributed by atoms with Crippen molar-refractivity contribution in [2.75, 3.05) is 5.75 Å². The monoisotopic (exact) mass is 322 g/mol. The third-order valence-electron chi connectivity index (χ3n) is 4.04. The highest BCUT2D eigenvalue weighted by atomic mass is 32.2. The van der Waals surface area contributed by atoms with Crippen molar-refractivity contribution in [2.45, 2.75) is 30.6 Å². The van der Waals surface area contributed by atoms with Gasteiger partial charge in [-0.15, -0.1) is 11.8 Å². The van der Waals surface area contributed by atoms with E-state index in [0.717, 1.165) is 17.7 Å². The molecular formula is C20H18O2S. The van der Waals surface area contributed by atoms with Crippen LogP contribution in [0.25, 0.3) is 0 Å². The van der Waals surface area contributed by atoms with Gasteiger partial charge >= 0.3 is 5.97 Å². The smallest absolute Gasteiger partial charge is 0.352 e. The van der Waals surface area contributed by atoms with E-state index in [1.54, 1.807) is 24.3 Å². The molecule has 3 heteroatoms. The molecule has 0 amide bonds. The second-order valence-corrected chi connectivity index (χ2v) is 7.31. The van der Waals surface area contributed by atoms with Crippen LogP contribution in [0.3, 0.4) is 0 Å². The van der Waals surface area contributed by atoms with Crippen molar-refractivity contribution in [1.82, 2.24) is 0 Å². The Morgan fingerprint density at radius 2 is 1.96 bits per heavy atom. The van der Waals surface area contributed by atoms with Gasteiger partial charge in [0.05, 0.1) is 5.56 Å². The number of thioether (sulfide) groups is 1. The molecule has 1 heterocycles. The average molecular weight is 322 g/mol. The molecule has 0 bridgehead atoms. The number of rotatable bonds is 1. The molecule has 0 spiro atoms. The third-order valence-corrected chi connectivity index (χ3v) is 5.12. The molecule has 2 aromatic carbocycles. The maximum atomic E-state index is 11.8. The zero-order valence-corrected chi connectivity index (χ0v) is 14.1. The Morgan fingerprint density at radius 1 is 1.17 bits per heavy atom. The van der Waals surface area contributed by atoms with Crippen LogP contribution in [-0.2, 0) is 10.2 Å². The normalized spacial score (nSPS) is 15.0. The summed E-state index contributed by atoms with van der Waals surface area (Å²) in [6.07, 6.45) is 3.69. The summed E-state index contributed by atoms with van der Waals surface area (Å²) < 4.78 is 5.02. The Hall–Kier alpha value is -2.18. The lowest BCUT2D eigenvalue weighted by molar-refractivity contribution is 0.0690. The van der Waals surface area contributed by atoms with E-state index in [2.05, 4.69) is 38.0 Å². The first-order valence-electron chi connectivity index (χ1n) is 7.61. The molecular weight excluding hydrogens is 304 g/mol. The first kappa shape index (κ1) is 15.7. The molecule has 0 unspecified atom stereocenters. The predicted molar refractivity (Wildman–Crippen MR) is 93.5 cm³/mol. The number of fused-ring (bicyclic) bond motifs is 1. The third kappa shape index (κ3) is 3.60. The van der Waals surface area contributed by atoms with Crippen LogP contribution in [0.1, 0.15) is 41.8 Å². The van der Waals surface area contributed by atoms with Crippen LogP contribution >= 0.6 is 11.8 Å². The van der Waals surface area contributed by atoms with Crippen molar-refractivity contribution in [1.29, 1.82) is 0 Å². The summed E-state index contributed by atoms with van der Waals surface area (Å²) in [5, 5.41) is 0. The lowest BCUT2D eigenvalue weighted by Crippen LogP contribution is -2.22. The number of carbonyl (C=O) groups excluding carboxylic acids is 1. The molecule has 0 radical (unpaired) electrons. The SMILES string of the molecule is CC1(C)CCSc2ccc(C#COC(=O)c3ccccc3)cc21. The van der Waals surface area contributed by atoms with Crippen LogP contribution in [0.2, 0.25) is 0 Å². The molecule has 0 N–H and O–H groups in total. The van der Waals surface area contributed by atoms with Crippen LogP contribution in [0.5, 0.6) is 0 Å². The van der Waals surface area contributed by atoms with E-state index in [9.17, 15) is 4.79 Å². The van der Waals surface area contributed by atoms with Gasteiger partial charge in [0.2, 0.25) is 0 Å². The maximum Gasteiger partial charge on any atom is 0.352 e. The highest BCUT2D eigenvalue weighted by Gasteiger charge is 2.27. The molecule has 0 saturated carbocycles. The molecule has 0 saturated heterocycles. The molecule has 116 valence electrons. The number of hydrogen-bond acceptors (Lipinski definition) is 3. The fourth-order valence-electron chi connectivity index (χ4n) is 2.58. The quantitative estimate of drug-likeness (QED) is 0.566. The van der Waals surface area contributed by atoms with Crippen molar-refractivity contribution in [3.8, 4) is 12.0 Å². The summed E-state index contributed by atoms with van der Waals surface area (Å²) in [7, 11) is 0. The van der Waals surface area contributed by atoms with Crippen LogP contribution in [-0.4, -0.2) is 11.7 Å². The second kappa shape index (κ2) is 6.52. The zero-order chi connectivity index (χ0) is 16.3. The first-order chi connectivity index (χ1) is 11.1. The zero-order valence-electron chi connectivity index (χ0n) is 13.3. The number of carbonyl (C=O) groups is 1. The van der Waals surface area contributed by atoms with Crippen LogP contribution in [0.15, 0.2) is 53.4 Å². The van der Waals surface area contributed by atoms with E-state index < -0.39 is 5.97 Å². The van der Waals surface area contributed by atoms with E-state index in [1.807, 2.05) is 23.9 Å². The van der Waals surface area contributed by atoms with E-state index in [0.29, 0.717) is 5.56 Å². The molecule has 0 aliphatic carbocycles. The summed E-state index contributed by atoms with van der Waals surface area (Å²) in [6, 6.07) is 15.1. The average Bonchev–Trinajstić information content (AvgIpc) is 2.56. The molecule has 0 aromatic heterocycles. The van der Waals surface area contributed by atoms with Crippen molar-refractivity contribution < 1.29 is 9.53 Å². The summed E-state index contributed by atoms with van der Waals surface area (Å²) in [6.45, 7) is 4.52. The van der Waals surface area contributed by atoms with Gasteiger partial charge in [0.15, 0.2) is 0 Å². The van der Waals surface area contributed by atoms with Crippen LogP contribution in [0, 0.1) is 12.0 Å². The predicted octanol–water partition coefficient (Wildman–Crippen LogP) is 4.63. The van der Waals surface area contributed by atoms with E-state index >= 15 is 0 Å². The maximum absolute atomic E-state index is 11.8. The van der Waals surface area contributed by atoms with Crippen LogP contribution in [0.4, 0.5) is 0 Å². The highest BCUT2D eigenvalue weighted by Crippen LogP contribution is 2.41. The molecule has 3 rings (SSSR count). The summed E-state index contributed by atoms with van der Waals surface area (Å²) in [4.78, 5) is 13.2. The minimum absolute atomic E-state index is 0.166. The van der Waals surface area contributed by atoms with Crippen molar-refractivity contribution >= 4 is 17.7 Å². The van der Waals surface area contributed by atoms with Gasteiger partial charge in [-0.1, -0.05) is 32.0 Å². The highest BCUT2D eigenvalue weighted by molar-refractivity contribution is 7.99. The molecule has 0 fully saturated rings. The number of hydrogen-bond donors (Lipinski definition) is 0. The number of ether oxygens (including phenoxy) is 1. The van der Waals surface area contributed by atoms with E-state index in [4.69, 9.17) is 4.74 Å². The first-order valence-corrected chi connectivity index (χ1v) is 8.59. The molecule has 0 atom stereocenters. The topological polar surface area (TPSA) is 26.3 Å². The van der Waals surface area contributed by atoms with E-state index in [-0.39, 0.29) is 5.41 Å². The second-order valence-electron chi connectivity index (χ2n) is 6.18. The Kier molecular flexibility index (Phi) is 4.45. The largest absolute Gasteiger partial charge is 0.368 e. The number of benzene rings is 2. The lowest BCUT2D eigenvalue weighted by Gasteiger charge is -2.32. The summed E-state index contributed by atoms with van der Waals surface area (Å²) in [5.41, 5.74) is 2.87. The Bertz CT molecular complexity index is 782. The summed E-state index contributed by atoms with van der Waals surface area (Å²) in [5.74, 6) is 3.66. The van der Waals surface area contributed by atoms with Gasteiger partial charge in [-0.3, -0.25) is 0 Å². The minimum atomic E-state index is -0.424. The molecule has 1 aliphatic rings. The Labute approximate surface area is 141 Å². The molecule has 2 nitrogen and oxygen atoms in total. The minimum Gasteiger partial charge on any atom is -0.368 e. The van der Waals surface area contributed by atoms with Gasteiger partial charge in [0, 0.05) is 10.5 Å². The van der Waals surface area contributed by atoms with Gasteiger partial charge in [0.25, 0.3) is 0 Å². The van der Waals surface area contributed by atoms with Crippen LogP contribution < -0.4 is 0 Å². The molecule has 1 aliphatic heterocycles. The van der Waals surface area contributed by atoms with Gasteiger partial charge in [-0.05, 0) is 59.4 Å². The molecule has 2 aromatic rings. The van der Waals surface area contributed by atoms with Crippen molar-refractivity contribution in [3.05, 3.63) is 65.2 Å². The molecule has 23 heavy (non-hydrogen) atoms. The summed E-state index contributed by atoms with van der Waals surface area (Å²) >= 11 is 1.89. The van der Waals surface area contributed by atoms with Crippen molar-refractivity contribution in [3.63, 3.8) is 0 Å². The van der Waals surface area contributed by atoms with Gasteiger partial charge in [-0.25, -0.2) is 4.79 Å². The standard InChI is InChI=1S/C20H18O2S/c1-20(2)11-13-23-18-9-8-15(14-17(18)20)10-12-22-19(21)16-6-4-3-5-7-16/h3-9,14H,11,13H2,1-2H3. The number of esters is 1. The Morgan fingerprint density at radius 3 is 2.74 bits per heavy atom. The fourth-order valence-corrected chi connectivity index (χ4v) is 4.06. The lowest BCUT2D eigenvalue weighted by atomic mass is 9.81.